The fraction of sp³-hybridized carbons (Fsp3) is 0.357. The molecule has 186 valence electrons. The third-order valence-corrected chi connectivity index (χ3v) is 5.63. The van der Waals surface area contributed by atoms with E-state index in [1.807, 2.05) is 55.5 Å². The number of carbonyl (C=O) groups is 2. The third-order valence-electron chi connectivity index (χ3n) is 5.63. The van der Waals surface area contributed by atoms with E-state index in [0.717, 1.165) is 48.6 Å². The van der Waals surface area contributed by atoms with Gasteiger partial charge in [-0.05, 0) is 60.9 Å². The van der Waals surface area contributed by atoms with Crippen LogP contribution in [0.15, 0.2) is 65.3 Å². The molecule has 0 aliphatic rings. The van der Waals surface area contributed by atoms with Crippen molar-refractivity contribution in [3.8, 4) is 5.75 Å². The Morgan fingerprint density at radius 3 is 2.49 bits per heavy atom. The Labute approximate surface area is 207 Å². The van der Waals surface area contributed by atoms with Gasteiger partial charge in [-0.1, -0.05) is 32.4 Å². The number of benzene rings is 2. The molecule has 7 heteroatoms. The van der Waals surface area contributed by atoms with Gasteiger partial charge in [-0.3, -0.25) is 9.59 Å². The molecule has 0 bridgehead atoms. The smallest absolute Gasteiger partial charge is 0.253 e. The van der Waals surface area contributed by atoms with Crippen molar-refractivity contribution in [3.05, 3.63) is 77.7 Å². The molecule has 0 saturated heterocycles. The van der Waals surface area contributed by atoms with Gasteiger partial charge in [0, 0.05) is 18.8 Å². The summed E-state index contributed by atoms with van der Waals surface area (Å²) >= 11 is 0. The molecule has 0 spiro atoms. The van der Waals surface area contributed by atoms with Gasteiger partial charge in [0.05, 0.1) is 37.6 Å². The van der Waals surface area contributed by atoms with E-state index in [2.05, 4.69) is 22.5 Å². The van der Waals surface area contributed by atoms with Crippen molar-refractivity contribution in [2.45, 2.75) is 46.1 Å². The van der Waals surface area contributed by atoms with Gasteiger partial charge in [0.15, 0.2) is 0 Å². The van der Waals surface area contributed by atoms with Gasteiger partial charge in [-0.2, -0.15) is 0 Å². The van der Waals surface area contributed by atoms with E-state index in [0.29, 0.717) is 24.3 Å². The van der Waals surface area contributed by atoms with E-state index in [1.54, 1.807) is 19.4 Å². The van der Waals surface area contributed by atoms with Crippen molar-refractivity contribution in [2.24, 2.45) is 0 Å². The summed E-state index contributed by atoms with van der Waals surface area (Å²) in [4.78, 5) is 28.0. The number of ether oxygens (including phenoxy) is 1. The zero-order valence-electron chi connectivity index (χ0n) is 20.8. The summed E-state index contributed by atoms with van der Waals surface area (Å²) in [5.41, 5.74) is 2.81. The van der Waals surface area contributed by atoms with E-state index in [1.165, 1.54) is 0 Å². The first kappa shape index (κ1) is 25.9. The van der Waals surface area contributed by atoms with Crippen LogP contribution in [0.2, 0.25) is 0 Å². The standard InChI is InChI=1S/C28H35N3O4/c1-4-6-16-31(20-24-8-7-17-35-24)26-14-11-22(19-25(26)28(33)29-15-5-2)30-27(32)18-21-9-12-23(34-3)13-10-21/h7-14,17,19H,4-6,15-16,18,20H2,1-3H3,(H,29,33)(H,30,32). The Kier molecular flexibility index (Phi) is 9.78. The van der Waals surface area contributed by atoms with Gasteiger partial charge in [0.2, 0.25) is 5.91 Å². The molecule has 3 rings (SSSR count). The molecule has 35 heavy (non-hydrogen) atoms. The summed E-state index contributed by atoms with van der Waals surface area (Å²) in [6.07, 6.45) is 4.74. The zero-order chi connectivity index (χ0) is 25.0. The fourth-order valence-corrected chi connectivity index (χ4v) is 3.76. The molecular formula is C28H35N3O4. The number of amides is 2. The molecule has 2 aromatic carbocycles. The number of unbranched alkanes of at least 4 members (excludes halogenated alkanes) is 1. The average Bonchev–Trinajstić information content (AvgIpc) is 3.38. The lowest BCUT2D eigenvalue weighted by atomic mass is 10.1. The molecule has 0 aliphatic carbocycles. The quantitative estimate of drug-likeness (QED) is 0.344. The minimum absolute atomic E-state index is 0.152. The van der Waals surface area contributed by atoms with Gasteiger partial charge < -0.3 is 24.7 Å². The Morgan fingerprint density at radius 2 is 1.83 bits per heavy atom. The van der Waals surface area contributed by atoms with Gasteiger partial charge in [0.25, 0.3) is 5.91 Å². The number of rotatable bonds is 13. The number of hydrogen-bond donors (Lipinski definition) is 2. The lowest BCUT2D eigenvalue weighted by molar-refractivity contribution is -0.115. The first-order valence-corrected chi connectivity index (χ1v) is 12.2. The third kappa shape index (κ3) is 7.64. The largest absolute Gasteiger partial charge is 0.497 e. The molecule has 3 aromatic rings. The Balaban J connectivity index is 1.83. The van der Waals surface area contributed by atoms with Crippen LogP contribution in [0.3, 0.4) is 0 Å². The lowest BCUT2D eigenvalue weighted by Gasteiger charge is -2.26. The Bertz CT molecular complexity index is 1080. The molecule has 1 heterocycles. The maximum absolute atomic E-state index is 13.1. The highest BCUT2D eigenvalue weighted by Crippen LogP contribution is 2.27. The highest BCUT2D eigenvalue weighted by atomic mass is 16.5. The SMILES string of the molecule is CCCCN(Cc1ccco1)c1ccc(NC(=O)Cc2ccc(OC)cc2)cc1C(=O)NCCC. The van der Waals surface area contributed by atoms with Gasteiger partial charge in [-0.15, -0.1) is 0 Å². The monoisotopic (exact) mass is 477 g/mol. The van der Waals surface area contributed by atoms with Gasteiger partial charge in [0.1, 0.15) is 11.5 Å². The minimum atomic E-state index is -0.158. The fourth-order valence-electron chi connectivity index (χ4n) is 3.76. The highest BCUT2D eigenvalue weighted by molar-refractivity contribution is 6.02. The molecule has 0 unspecified atom stereocenters. The molecule has 0 radical (unpaired) electrons. The van der Waals surface area contributed by atoms with Crippen LogP contribution in [-0.4, -0.2) is 32.0 Å². The molecule has 2 amide bonds. The van der Waals surface area contributed by atoms with E-state index in [-0.39, 0.29) is 18.2 Å². The van der Waals surface area contributed by atoms with E-state index in [9.17, 15) is 9.59 Å². The minimum Gasteiger partial charge on any atom is -0.497 e. The van der Waals surface area contributed by atoms with E-state index < -0.39 is 0 Å². The van der Waals surface area contributed by atoms with Crippen LogP contribution in [0.1, 0.15) is 54.8 Å². The van der Waals surface area contributed by atoms with Crippen molar-refractivity contribution in [1.29, 1.82) is 0 Å². The summed E-state index contributed by atoms with van der Waals surface area (Å²) in [6.45, 7) is 6.08. The van der Waals surface area contributed by atoms with Crippen molar-refractivity contribution < 1.29 is 18.7 Å². The molecule has 2 N–H and O–H groups in total. The number of nitrogens with zero attached hydrogens (tertiary/aromatic N) is 1. The molecule has 1 aromatic heterocycles. The number of anilines is 2. The van der Waals surface area contributed by atoms with Crippen molar-refractivity contribution in [2.75, 3.05) is 30.4 Å². The van der Waals surface area contributed by atoms with Crippen molar-refractivity contribution in [1.82, 2.24) is 5.32 Å². The molecule has 7 nitrogen and oxygen atoms in total. The van der Waals surface area contributed by atoms with Crippen LogP contribution in [-0.2, 0) is 17.8 Å². The second-order valence-corrected chi connectivity index (χ2v) is 8.42. The molecule has 0 fully saturated rings. The van der Waals surface area contributed by atoms with Gasteiger partial charge in [-0.25, -0.2) is 0 Å². The van der Waals surface area contributed by atoms with Crippen LogP contribution in [0.5, 0.6) is 5.75 Å². The first-order valence-electron chi connectivity index (χ1n) is 12.2. The number of nitrogens with one attached hydrogen (secondary N) is 2. The number of methoxy groups -OCH3 is 1. The van der Waals surface area contributed by atoms with E-state index in [4.69, 9.17) is 9.15 Å². The maximum atomic E-state index is 13.1. The zero-order valence-corrected chi connectivity index (χ0v) is 20.8. The Morgan fingerprint density at radius 1 is 1.03 bits per heavy atom. The summed E-state index contributed by atoms with van der Waals surface area (Å²) in [5, 5.41) is 5.91. The van der Waals surface area contributed by atoms with Crippen LogP contribution in [0.25, 0.3) is 0 Å². The molecule has 0 aliphatic heterocycles. The highest BCUT2D eigenvalue weighted by Gasteiger charge is 2.19. The second-order valence-electron chi connectivity index (χ2n) is 8.42. The van der Waals surface area contributed by atoms with Gasteiger partial charge >= 0.3 is 0 Å². The first-order chi connectivity index (χ1) is 17.0. The maximum Gasteiger partial charge on any atom is 0.253 e. The number of hydrogen-bond acceptors (Lipinski definition) is 5. The Hall–Kier alpha value is -3.74. The van der Waals surface area contributed by atoms with Crippen molar-refractivity contribution >= 4 is 23.2 Å². The van der Waals surface area contributed by atoms with Crippen LogP contribution < -0.4 is 20.3 Å². The molecular weight excluding hydrogens is 442 g/mol. The predicted molar refractivity (Wildman–Crippen MR) is 139 cm³/mol. The summed E-state index contributed by atoms with van der Waals surface area (Å²) in [6, 6.07) is 16.7. The van der Waals surface area contributed by atoms with E-state index >= 15 is 0 Å². The van der Waals surface area contributed by atoms with Crippen molar-refractivity contribution in [3.63, 3.8) is 0 Å². The summed E-state index contributed by atoms with van der Waals surface area (Å²) in [7, 11) is 1.61. The van der Waals surface area contributed by atoms with Crippen LogP contribution in [0.4, 0.5) is 11.4 Å². The second kappa shape index (κ2) is 13.2. The predicted octanol–water partition coefficient (Wildman–Crippen LogP) is 5.42. The molecule has 0 saturated carbocycles. The molecule has 0 atom stereocenters. The van der Waals surface area contributed by atoms with Crippen LogP contribution >= 0.6 is 0 Å². The topological polar surface area (TPSA) is 83.8 Å². The summed E-state index contributed by atoms with van der Waals surface area (Å²) in [5.74, 6) is 1.27. The van der Waals surface area contributed by atoms with Crippen LogP contribution in [0, 0.1) is 0 Å². The normalized spacial score (nSPS) is 10.6. The number of carbonyl (C=O) groups excluding carboxylic acids is 2. The number of furan rings is 1. The average molecular weight is 478 g/mol. The summed E-state index contributed by atoms with van der Waals surface area (Å²) < 4.78 is 10.7. The lowest BCUT2D eigenvalue weighted by Crippen LogP contribution is -2.30.